The van der Waals surface area contributed by atoms with E-state index in [0.717, 1.165) is 37.8 Å². The topological polar surface area (TPSA) is 116 Å². The maximum absolute atomic E-state index is 14.4. The summed E-state index contributed by atoms with van der Waals surface area (Å²) in [5.41, 5.74) is 7.88. The molecule has 0 radical (unpaired) electrons. The molecule has 5 rings (SSSR count). The van der Waals surface area contributed by atoms with Gasteiger partial charge in [-0.2, -0.15) is 9.61 Å². The number of halogens is 1. The molecule has 0 aliphatic heterocycles. The van der Waals surface area contributed by atoms with Crippen molar-refractivity contribution in [1.29, 1.82) is 0 Å². The van der Waals surface area contributed by atoms with Crippen LogP contribution in [0.2, 0.25) is 0 Å². The number of anilines is 1. The van der Waals surface area contributed by atoms with Crippen molar-refractivity contribution in [2.24, 2.45) is 5.92 Å². The minimum Gasteiger partial charge on any atom is -0.494 e. The first-order chi connectivity index (χ1) is 15.5. The van der Waals surface area contributed by atoms with Gasteiger partial charge < -0.3 is 15.6 Å². The van der Waals surface area contributed by atoms with Crippen LogP contribution in [0, 0.1) is 11.7 Å². The minimum absolute atomic E-state index is 0.0482. The van der Waals surface area contributed by atoms with E-state index in [1.54, 1.807) is 10.9 Å². The van der Waals surface area contributed by atoms with Crippen molar-refractivity contribution in [3.05, 3.63) is 41.7 Å². The Balaban J connectivity index is 1.58. The predicted molar refractivity (Wildman–Crippen MR) is 117 cm³/mol. The van der Waals surface area contributed by atoms with Gasteiger partial charge in [0.2, 0.25) is 5.95 Å². The summed E-state index contributed by atoms with van der Waals surface area (Å²) in [6.07, 6.45) is 6.72. The number of rotatable bonds is 5. The highest BCUT2D eigenvalue weighted by atomic mass is 19.1. The van der Waals surface area contributed by atoms with Crippen LogP contribution in [-0.2, 0) is 6.54 Å². The summed E-state index contributed by atoms with van der Waals surface area (Å²) in [7, 11) is 1.40. The maximum Gasteiger partial charge on any atom is 0.223 e. The number of nitrogens with two attached hydrogens (primary N) is 1. The molecule has 9 nitrogen and oxygen atoms in total. The summed E-state index contributed by atoms with van der Waals surface area (Å²) in [6.45, 7) is 2.75. The number of hydrogen-bond acceptors (Lipinski definition) is 7. The molecule has 2 unspecified atom stereocenters. The van der Waals surface area contributed by atoms with E-state index in [2.05, 4.69) is 15.2 Å². The number of methoxy groups -OCH3 is 1. The Morgan fingerprint density at radius 1 is 1.28 bits per heavy atom. The van der Waals surface area contributed by atoms with Crippen molar-refractivity contribution < 1.29 is 14.2 Å². The highest BCUT2D eigenvalue weighted by Gasteiger charge is 2.36. The largest absolute Gasteiger partial charge is 0.494 e. The third-order valence-electron chi connectivity index (χ3n) is 6.46. The zero-order valence-electron chi connectivity index (χ0n) is 18.1. The van der Waals surface area contributed by atoms with Gasteiger partial charge in [0.25, 0.3) is 0 Å². The van der Waals surface area contributed by atoms with Crippen molar-refractivity contribution >= 4 is 22.5 Å². The molecule has 168 valence electrons. The van der Waals surface area contributed by atoms with Gasteiger partial charge in [0.1, 0.15) is 0 Å². The van der Waals surface area contributed by atoms with E-state index in [4.69, 9.17) is 15.5 Å². The van der Waals surface area contributed by atoms with Crippen molar-refractivity contribution in [2.75, 3.05) is 12.8 Å². The number of aryl methyl sites for hydroxylation is 1. The number of ether oxygens (including phenoxy) is 1. The Morgan fingerprint density at radius 3 is 2.84 bits per heavy atom. The molecule has 32 heavy (non-hydrogen) atoms. The van der Waals surface area contributed by atoms with Crippen molar-refractivity contribution in [2.45, 2.75) is 51.2 Å². The van der Waals surface area contributed by atoms with E-state index in [1.807, 2.05) is 13.1 Å². The molecule has 3 heterocycles. The van der Waals surface area contributed by atoms with Crippen LogP contribution in [0.15, 0.2) is 24.5 Å². The first-order valence-electron chi connectivity index (χ1n) is 10.9. The summed E-state index contributed by atoms with van der Waals surface area (Å²) < 4.78 is 22.7. The molecule has 4 aromatic rings. The molecular formula is C22H26FN7O2. The highest BCUT2D eigenvalue weighted by molar-refractivity contribution is 5.93. The fraction of sp³-hybridized carbons (Fsp3) is 0.455. The third kappa shape index (κ3) is 3.35. The highest BCUT2D eigenvalue weighted by Crippen LogP contribution is 2.43. The van der Waals surface area contributed by atoms with Crippen molar-refractivity contribution in [3.8, 4) is 5.75 Å². The van der Waals surface area contributed by atoms with Gasteiger partial charge in [-0.15, -0.1) is 5.10 Å². The maximum atomic E-state index is 14.4. The van der Waals surface area contributed by atoms with Gasteiger partial charge in [-0.3, -0.25) is 4.68 Å². The fourth-order valence-electron chi connectivity index (χ4n) is 4.77. The molecule has 1 aliphatic rings. The van der Waals surface area contributed by atoms with Gasteiger partial charge in [-0.25, -0.2) is 14.4 Å². The minimum atomic E-state index is -0.666. The Labute approximate surface area is 184 Å². The Bertz CT molecular complexity index is 1280. The smallest absolute Gasteiger partial charge is 0.223 e. The van der Waals surface area contributed by atoms with E-state index in [0.29, 0.717) is 22.4 Å². The number of aliphatic hydroxyl groups is 1. The van der Waals surface area contributed by atoms with E-state index in [9.17, 15) is 9.50 Å². The van der Waals surface area contributed by atoms with Crippen LogP contribution in [-0.4, -0.2) is 41.6 Å². The van der Waals surface area contributed by atoms with Crippen molar-refractivity contribution in [3.63, 3.8) is 0 Å². The van der Waals surface area contributed by atoms with Gasteiger partial charge in [0, 0.05) is 35.7 Å². The molecule has 1 aliphatic carbocycles. The molecule has 1 fully saturated rings. The lowest BCUT2D eigenvalue weighted by Crippen LogP contribution is -2.25. The van der Waals surface area contributed by atoms with E-state index < -0.39 is 11.9 Å². The summed E-state index contributed by atoms with van der Waals surface area (Å²) in [5.74, 6) is 0.244. The molecule has 10 heteroatoms. The van der Waals surface area contributed by atoms with Gasteiger partial charge >= 0.3 is 0 Å². The fourth-order valence-corrected chi connectivity index (χ4v) is 4.77. The normalized spacial score (nSPS) is 20.1. The summed E-state index contributed by atoms with van der Waals surface area (Å²) >= 11 is 0. The Morgan fingerprint density at radius 2 is 2.09 bits per heavy atom. The summed E-state index contributed by atoms with van der Waals surface area (Å²) in [5, 5.41) is 20.6. The second-order valence-corrected chi connectivity index (χ2v) is 8.31. The van der Waals surface area contributed by atoms with Crippen LogP contribution in [0.1, 0.15) is 56.0 Å². The molecule has 3 atom stereocenters. The zero-order valence-corrected chi connectivity index (χ0v) is 18.1. The van der Waals surface area contributed by atoms with Crippen LogP contribution in [0.5, 0.6) is 5.75 Å². The molecule has 1 saturated carbocycles. The second-order valence-electron chi connectivity index (χ2n) is 8.31. The number of fused-ring (bicyclic) bond motifs is 3. The first kappa shape index (κ1) is 20.6. The predicted octanol–water partition coefficient (Wildman–Crippen LogP) is 3.23. The standard InChI is InChI=1S/C22H26FN7O2/c1-3-29-11-12(10-25-29)19(31)13-6-4-5-7-14(13)20-27-21-15-8-16(23)18(32-2)9-17(15)26-22(24)30(21)28-20/h8-11,13-14,19,31H,3-7H2,1-2H3,(H2,24,26)/t13?,14-,19?/m1/s1. The number of benzene rings is 1. The van der Waals surface area contributed by atoms with Crippen LogP contribution in [0.4, 0.5) is 10.3 Å². The second kappa shape index (κ2) is 8.01. The molecule has 0 bridgehead atoms. The van der Waals surface area contributed by atoms with Gasteiger partial charge in [0.05, 0.1) is 24.9 Å². The number of aliphatic hydroxyl groups excluding tert-OH is 1. The zero-order chi connectivity index (χ0) is 22.4. The van der Waals surface area contributed by atoms with Crippen molar-refractivity contribution in [1.82, 2.24) is 29.4 Å². The van der Waals surface area contributed by atoms with Crippen LogP contribution >= 0.6 is 0 Å². The van der Waals surface area contributed by atoms with Crippen LogP contribution < -0.4 is 10.5 Å². The monoisotopic (exact) mass is 439 g/mol. The van der Waals surface area contributed by atoms with E-state index in [1.165, 1.54) is 23.8 Å². The Hall–Kier alpha value is -3.27. The molecule has 0 spiro atoms. The average Bonchev–Trinajstić information content (AvgIpc) is 3.47. The van der Waals surface area contributed by atoms with E-state index in [-0.39, 0.29) is 23.5 Å². The number of nitrogens with zero attached hydrogens (tertiary/aromatic N) is 6. The third-order valence-corrected chi connectivity index (χ3v) is 6.46. The number of hydrogen-bond donors (Lipinski definition) is 2. The number of nitrogen functional groups attached to an aromatic ring is 1. The average molecular weight is 439 g/mol. The lowest BCUT2D eigenvalue weighted by molar-refractivity contribution is 0.0683. The molecule has 0 saturated heterocycles. The number of aromatic nitrogens is 6. The summed E-state index contributed by atoms with van der Waals surface area (Å²) in [6, 6.07) is 2.86. The SMILES string of the molecule is CCn1cc(C(O)C2CCCC[C@H]2c2nc3c4cc(F)c(OC)cc4nc(N)n3n2)cn1. The van der Waals surface area contributed by atoms with E-state index >= 15 is 0 Å². The van der Waals surface area contributed by atoms with Crippen LogP contribution in [0.3, 0.4) is 0 Å². The first-order valence-corrected chi connectivity index (χ1v) is 10.9. The molecule has 0 amide bonds. The Kier molecular flexibility index (Phi) is 5.16. The quantitative estimate of drug-likeness (QED) is 0.490. The van der Waals surface area contributed by atoms with Gasteiger partial charge in [-0.05, 0) is 31.7 Å². The lowest BCUT2D eigenvalue weighted by atomic mass is 9.74. The summed E-state index contributed by atoms with van der Waals surface area (Å²) in [4.78, 5) is 9.12. The lowest BCUT2D eigenvalue weighted by Gasteiger charge is -2.32. The molecule has 1 aromatic carbocycles. The molecule has 3 N–H and O–H groups in total. The van der Waals surface area contributed by atoms with Crippen LogP contribution in [0.25, 0.3) is 16.6 Å². The van der Waals surface area contributed by atoms with Gasteiger partial charge in [0.15, 0.2) is 23.0 Å². The molecular weight excluding hydrogens is 413 g/mol. The molecule has 3 aromatic heterocycles. The van der Waals surface area contributed by atoms with Gasteiger partial charge in [-0.1, -0.05) is 12.8 Å².